The highest BCUT2D eigenvalue weighted by Gasteiger charge is 2.08. The summed E-state index contributed by atoms with van der Waals surface area (Å²) in [4.78, 5) is 7.97. The van der Waals surface area contributed by atoms with Gasteiger partial charge in [-0.1, -0.05) is 76.9 Å². The quantitative estimate of drug-likeness (QED) is 0.250. The van der Waals surface area contributed by atoms with Crippen LogP contribution in [0.2, 0.25) is 0 Å². The Morgan fingerprint density at radius 3 is 1.59 bits per heavy atom. The molecule has 0 aliphatic rings. The summed E-state index contributed by atoms with van der Waals surface area (Å²) in [6.45, 7) is 2.27. The van der Waals surface area contributed by atoms with E-state index in [2.05, 4.69) is 29.0 Å². The summed E-state index contributed by atoms with van der Waals surface area (Å²) in [7, 11) is 0. The summed E-state index contributed by atoms with van der Waals surface area (Å²) in [6, 6.07) is 0. The number of hydrogen-bond donors (Lipinski definition) is 3. The normalized spacial score (nSPS) is 11.4. The fourth-order valence-corrected chi connectivity index (χ4v) is 3.34. The average Bonchev–Trinajstić information content (AvgIpc) is 2.63. The highest BCUT2D eigenvalue weighted by molar-refractivity contribution is 5.55. The van der Waals surface area contributed by atoms with Crippen LogP contribution in [0.25, 0.3) is 0 Å². The van der Waals surface area contributed by atoms with E-state index < -0.39 is 0 Å². The highest BCUT2D eigenvalue weighted by Crippen LogP contribution is 2.20. The lowest BCUT2D eigenvalue weighted by atomic mass is 10.0. The lowest BCUT2D eigenvalue weighted by Gasteiger charge is -2.08. The van der Waals surface area contributed by atoms with Gasteiger partial charge in [0.15, 0.2) is 0 Å². The van der Waals surface area contributed by atoms with E-state index in [1.165, 1.54) is 83.5 Å². The second-order valence-corrected chi connectivity index (χ2v) is 7.52. The summed E-state index contributed by atoms with van der Waals surface area (Å²) >= 11 is 0. The predicted octanol–water partition coefficient (Wildman–Crippen LogP) is 5.80. The molecule has 5 nitrogen and oxygen atoms in total. The summed E-state index contributed by atoms with van der Waals surface area (Å²) in [5.41, 5.74) is 18.1. The third kappa shape index (κ3) is 11.5. The van der Waals surface area contributed by atoms with Crippen LogP contribution in [0.4, 0.5) is 17.6 Å². The Labute approximate surface area is 166 Å². The molecule has 0 saturated carbocycles. The van der Waals surface area contributed by atoms with Crippen molar-refractivity contribution in [3.05, 3.63) is 17.7 Å². The van der Waals surface area contributed by atoms with Crippen LogP contribution in [0.1, 0.15) is 102 Å². The molecule has 1 aromatic rings. The summed E-state index contributed by atoms with van der Waals surface area (Å²) in [5.74, 6) is 0.996. The molecule has 154 valence electrons. The highest BCUT2D eigenvalue weighted by atomic mass is 15.1. The zero-order chi connectivity index (χ0) is 19.7. The minimum absolute atomic E-state index is 0.148. The largest absolute Gasteiger partial charge is 0.383 e. The average molecular weight is 376 g/mol. The van der Waals surface area contributed by atoms with Crippen molar-refractivity contribution in [2.75, 3.05) is 17.2 Å². The van der Waals surface area contributed by atoms with E-state index in [0.29, 0.717) is 11.6 Å². The topological polar surface area (TPSA) is 104 Å². The number of anilines is 3. The number of nitrogens with two attached hydrogens (primary N) is 3. The number of nitrogens with zero attached hydrogens (tertiary/aromatic N) is 2. The maximum Gasteiger partial charge on any atom is 0.223 e. The number of rotatable bonds is 16. The van der Waals surface area contributed by atoms with Gasteiger partial charge in [0.25, 0.3) is 0 Å². The van der Waals surface area contributed by atoms with Gasteiger partial charge in [0, 0.05) is 5.56 Å². The van der Waals surface area contributed by atoms with Crippen LogP contribution in [0.15, 0.2) is 12.2 Å². The van der Waals surface area contributed by atoms with Crippen LogP contribution in [0.5, 0.6) is 0 Å². The Hall–Kier alpha value is -1.78. The van der Waals surface area contributed by atoms with Crippen LogP contribution >= 0.6 is 0 Å². The van der Waals surface area contributed by atoms with E-state index in [1.54, 1.807) is 0 Å². The lowest BCUT2D eigenvalue weighted by molar-refractivity contribution is 0.595. The number of nitrogen functional groups attached to an aromatic ring is 3. The molecule has 0 fully saturated rings. The van der Waals surface area contributed by atoms with E-state index in [-0.39, 0.29) is 5.95 Å². The van der Waals surface area contributed by atoms with Crippen molar-refractivity contribution in [2.45, 2.75) is 103 Å². The van der Waals surface area contributed by atoms with Crippen molar-refractivity contribution in [3.63, 3.8) is 0 Å². The fraction of sp³-hybridized carbons (Fsp3) is 0.727. The second-order valence-electron chi connectivity index (χ2n) is 7.52. The first kappa shape index (κ1) is 23.3. The molecule has 1 aromatic heterocycles. The molecule has 0 saturated heterocycles. The first-order valence-corrected chi connectivity index (χ1v) is 11.0. The number of allylic oxidation sites excluding steroid dienone is 2. The van der Waals surface area contributed by atoms with Gasteiger partial charge in [-0.05, 0) is 38.5 Å². The minimum Gasteiger partial charge on any atom is -0.383 e. The lowest BCUT2D eigenvalue weighted by Crippen LogP contribution is -2.08. The third-order valence-electron chi connectivity index (χ3n) is 5.03. The van der Waals surface area contributed by atoms with Gasteiger partial charge in [-0.2, -0.15) is 9.97 Å². The monoisotopic (exact) mass is 375 g/mol. The second kappa shape index (κ2) is 15.3. The van der Waals surface area contributed by atoms with E-state index in [1.807, 2.05) is 0 Å². The first-order chi connectivity index (χ1) is 13.1. The van der Waals surface area contributed by atoms with Crippen LogP contribution in [-0.4, -0.2) is 9.97 Å². The number of hydrogen-bond acceptors (Lipinski definition) is 5. The zero-order valence-electron chi connectivity index (χ0n) is 17.4. The summed E-state index contributed by atoms with van der Waals surface area (Å²) in [6.07, 6.45) is 23.8. The van der Waals surface area contributed by atoms with Crippen molar-refractivity contribution < 1.29 is 0 Å². The Balaban J connectivity index is 1.91. The fourth-order valence-electron chi connectivity index (χ4n) is 3.34. The standard InChI is InChI=1S/C22H41N5/c1-2-3-4-5-6-7-8-9-10-11-12-13-14-15-16-17-18-19-20(23)26-22(25)27-21(19)24/h9-10H,2-8,11-18H2,1H3,(H6,23,24,25,26,27)/b10-9+. The molecular formula is C22H41N5. The first-order valence-electron chi connectivity index (χ1n) is 11.0. The molecule has 6 N–H and O–H groups in total. The molecule has 5 heteroatoms. The van der Waals surface area contributed by atoms with Crippen molar-refractivity contribution in [1.29, 1.82) is 0 Å². The van der Waals surface area contributed by atoms with Gasteiger partial charge in [-0.25, -0.2) is 0 Å². The van der Waals surface area contributed by atoms with Crippen molar-refractivity contribution in [2.24, 2.45) is 0 Å². The van der Waals surface area contributed by atoms with Gasteiger partial charge in [0.05, 0.1) is 0 Å². The molecular weight excluding hydrogens is 334 g/mol. The molecule has 0 spiro atoms. The van der Waals surface area contributed by atoms with Gasteiger partial charge >= 0.3 is 0 Å². The van der Waals surface area contributed by atoms with Crippen LogP contribution in [0.3, 0.4) is 0 Å². The molecule has 1 rings (SSSR count). The Kier molecular flexibility index (Phi) is 13.2. The minimum atomic E-state index is 0.148. The third-order valence-corrected chi connectivity index (χ3v) is 5.03. The Morgan fingerprint density at radius 2 is 1.07 bits per heavy atom. The van der Waals surface area contributed by atoms with Crippen LogP contribution in [0, 0.1) is 0 Å². The number of aromatic nitrogens is 2. The molecule has 0 aromatic carbocycles. The SMILES string of the molecule is CCCCCCCC/C=C/CCCCCCCCc1c(N)nc(N)nc1N. The van der Waals surface area contributed by atoms with E-state index in [4.69, 9.17) is 17.2 Å². The molecule has 0 amide bonds. The number of unbranched alkanes of at least 4 members (excludes halogenated alkanes) is 12. The van der Waals surface area contributed by atoms with E-state index in [0.717, 1.165) is 18.4 Å². The molecule has 1 heterocycles. The molecule has 0 unspecified atom stereocenters. The summed E-state index contributed by atoms with van der Waals surface area (Å²) in [5, 5.41) is 0. The summed E-state index contributed by atoms with van der Waals surface area (Å²) < 4.78 is 0. The van der Waals surface area contributed by atoms with Crippen molar-refractivity contribution in [3.8, 4) is 0 Å². The Bertz CT molecular complexity index is 504. The van der Waals surface area contributed by atoms with Gasteiger partial charge in [0.1, 0.15) is 11.6 Å². The smallest absolute Gasteiger partial charge is 0.223 e. The molecule has 0 bridgehead atoms. The maximum absolute atomic E-state index is 5.87. The van der Waals surface area contributed by atoms with Crippen molar-refractivity contribution in [1.82, 2.24) is 9.97 Å². The zero-order valence-corrected chi connectivity index (χ0v) is 17.4. The van der Waals surface area contributed by atoms with Crippen LogP contribution in [-0.2, 0) is 6.42 Å². The molecule has 27 heavy (non-hydrogen) atoms. The van der Waals surface area contributed by atoms with Gasteiger partial charge in [0.2, 0.25) is 5.95 Å². The maximum atomic E-state index is 5.87. The predicted molar refractivity (Wildman–Crippen MR) is 118 cm³/mol. The Morgan fingerprint density at radius 1 is 0.630 bits per heavy atom. The van der Waals surface area contributed by atoms with Crippen LogP contribution < -0.4 is 17.2 Å². The molecule has 0 atom stereocenters. The van der Waals surface area contributed by atoms with Gasteiger partial charge < -0.3 is 17.2 Å². The van der Waals surface area contributed by atoms with E-state index >= 15 is 0 Å². The molecule has 0 radical (unpaired) electrons. The molecule has 0 aliphatic carbocycles. The molecule has 0 aliphatic heterocycles. The van der Waals surface area contributed by atoms with Gasteiger partial charge in [-0.3, -0.25) is 0 Å². The van der Waals surface area contributed by atoms with Gasteiger partial charge in [-0.15, -0.1) is 0 Å². The van der Waals surface area contributed by atoms with E-state index in [9.17, 15) is 0 Å². The van der Waals surface area contributed by atoms with Crippen molar-refractivity contribution >= 4 is 17.6 Å².